The topological polar surface area (TPSA) is 93.7 Å². The van der Waals surface area contributed by atoms with Crippen LogP contribution in [0.25, 0.3) is 11.8 Å². The summed E-state index contributed by atoms with van der Waals surface area (Å²) in [4.78, 5) is 33.2. The standard InChI is InChI=1S/C36H24FI2N3O4S/c1-2-45-35(44)30-31(21-8-4-3-5-9-21)41-36-42(32(30)22-12-14-26(37)15-13-22)34(43)29(47-36)17-25-16-27(38)18-28(39)33(25)46-20-24-11-7-6-10-23(24)19-40/h3-18,32H,2,20H2,1H3/b29-17-/t32-/m1/s1. The number of esters is 1. The number of carbonyl (C=O) groups is 1. The number of carbonyl (C=O) groups excluding carboxylic acids is 1. The lowest BCUT2D eigenvalue weighted by Crippen LogP contribution is -2.40. The van der Waals surface area contributed by atoms with E-state index < -0.39 is 17.8 Å². The fourth-order valence-electron chi connectivity index (χ4n) is 5.29. The minimum Gasteiger partial charge on any atom is -0.487 e. The van der Waals surface area contributed by atoms with Crippen LogP contribution >= 0.6 is 56.5 Å². The lowest BCUT2D eigenvalue weighted by molar-refractivity contribution is -0.138. The van der Waals surface area contributed by atoms with Crippen molar-refractivity contribution in [3.05, 3.63) is 157 Å². The fraction of sp³-hybridized carbons (Fsp3) is 0.111. The molecular weight excluding hydrogens is 843 g/mol. The zero-order valence-corrected chi connectivity index (χ0v) is 29.9. The van der Waals surface area contributed by atoms with Crippen molar-refractivity contribution in [3.8, 4) is 11.8 Å². The van der Waals surface area contributed by atoms with Crippen LogP contribution < -0.4 is 19.6 Å². The summed E-state index contributed by atoms with van der Waals surface area (Å²) in [5.74, 6) is -0.486. The quantitative estimate of drug-likeness (QED) is 0.128. The number of nitrogens with zero attached hydrogens (tertiary/aromatic N) is 3. The van der Waals surface area contributed by atoms with Gasteiger partial charge in [-0.05, 0) is 94.1 Å². The van der Waals surface area contributed by atoms with Crippen molar-refractivity contribution in [3.63, 3.8) is 0 Å². The monoisotopic (exact) mass is 867 g/mol. The minimum absolute atomic E-state index is 0.123. The number of fused-ring (bicyclic) bond motifs is 1. The normalized spacial score (nSPS) is 14.3. The van der Waals surface area contributed by atoms with Crippen LogP contribution in [0.2, 0.25) is 0 Å². The maximum absolute atomic E-state index is 14.3. The summed E-state index contributed by atoms with van der Waals surface area (Å²) in [5.41, 5.74) is 3.36. The highest BCUT2D eigenvalue weighted by atomic mass is 127. The Hall–Kier alpha value is -4.13. The predicted molar refractivity (Wildman–Crippen MR) is 195 cm³/mol. The van der Waals surface area contributed by atoms with Crippen LogP contribution in [0, 0.1) is 24.3 Å². The van der Waals surface area contributed by atoms with Gasteiger partial charge in [0.25, 0.3) is 5.56 Å². The molecule has 0 bridgehead atoms. The number of rotatable bonds is 8. The second-order valence-corrected chi connectivity index (χ2v) is 13.8. The van der Waals surface area contributed by atoms with Crippen molar-refractivity contribution >= 4 is 74.3 Å². The van der Waals surface area contributed by atoms with Gasteiger partial charge in [-0.15, -0.1) is 0 Å². The fourth-order valence-corrected chi connectivity index (χ4v) is 8.32. The zero-order chi connectivity index (χ0) is 33.1. The number of thiazole rings is 1. The van der Waals surface area contributed by atoms with Crippen molar-refractivity contribution in [1.82, 2.24) is 4.57 Å². The van der Waals surface area contributed by atoms with E-state index in [2.05, 4.69) is 51.3 Å². The van der Waals surface area contributed by atoms with E-state index in [9.17, 15) is 19.2 Å². The molecule has 7 nitrogen and oxygen atoms in total. The van der Waals surface area contributed by atoms with Crippen molar-refractivity contribution in [2.45, 2.75) is 19.6 Å². The van der Waals surface area contributed by atoms with Crippen molar-refractivity contribution in [2.24, 2.45) is 4.99 Å². The van der Waals surface area contributed by atoms with Crippen LogP contribution in [-0.2, 0) is 16.1 Å². The maximum atomic E-state index is 14.3. The van der Waals surface area contributed by atoms with Gasteiger partial charge in [-0.25, -0.2) is 14.2 Å². The van der Waals surface area contributed by atoms with Gasteiger partial charge in [0.15, 0.2) is 4.80 Å². The number of hydrogen-bond donors (Lipinski definition) is 0. The molecule has 0 radical (unpaired) electrons. The first-order chi connectivity index (χ1) is 22.8. The second kappa shape index (κ2) is 14.3. The van der Waals surface area contributed by atoms with E-state index in [1.165, 1.54) is 28.0 Å². The number of halogens is 3. The summed E-state index contributed by atoms with van der Waals surface area (Å²) in [6.45, 7) is 2.00. The molecular formula is C36H24FI2N3O4S. The molecule has 0 saturated carbocycles. The molecule has 0 fully saturated rings. The third-order valence-corrected chi connectivity index (χ3v) is 9.80. The molecule has 0 aliphatic carbocycles. The number of ether oxygens (including phenoxy) is 2. The number of aromatic nitrogens is 1. The molecule has 1 aliphatic heterocycles. The van der Waals surface area contributed by atoms with Gasteiger partial charge in [0.05, 0.1) is 43.7 Å². The van der Waals surface area contributed by atoms with Gasteiger partial charge in [0.2, 0.25) is 0 Å². The van der Waals surface area contributed by atoms with Gasteiger partial charge < -0.3 is 9.47 Å². The average molecular weight is 867 g/mol. The highest BCUT2D eigenvalue weighted by Gasteiger charge is 2.35. The molecule has 47 heavy (non-hydrogen) atoms. The smallest absolute Gasteiger partial charge is 0.338 e. The lowest BCUT2D eigenvalue weighted by atomic mass is 9.93. The van der Waals surface area contributed by atoms with E-state index in [1.54, 1.807) is 37.3 Å². The van der Waals surface area contributed by atoms with Crippen molar-refractivity contribution < 1.29 is 18.7 Å². The number of hydrogen-bond acceptors (Lipinski definition) is 7. The summed E-state index contributed by atoms with van der Waals surface area (Å²) in [6, 6.07) is 27.4. The molecule has 0 amide bonds. The largest absolute Gasteiger partial charge is 0.487 e. The van der Waals surface area contributed by atoms with Crippen molar-refractivity contribution in [2.75, 3.05) is 6.61 Å². The SMILES string of the molecule is CCOC(=O)C1=C(c2ccccc2)N=c2s/c(=C\c3cc(I)cc(I)c3OCc3ccccc3C#N)c(=O)n2[C@@H]1c1ccc(F)cc1. The van der Waals surface area contributed by atoms with Crippen LogP contribution in [0.5, 0.6) is 5.75 Å². The van der Waals surface area contributed by atoms with Crippen LogP contribution in [0.15, 0.2) is 106 Å². The molecule has 4 aromatic carbocycles. The first-order valence-corrected chi connectivity index (χ1v) is 17.4. The minimum atomic E-state index is -0.919. The Bertz CT molecular complexity index is 2260. The van der Waals surface area contributed by atoms with Gasteiger partial charge >= 0.3 is 5.97 Å². The number of nitriles is 1. The number of benzene rings is 4. The molecule has 1 aromatic heterocycles. The first kappa shape index (κ1) is 32.8. The Morgan fingerprint density at radius 2 is 1.79 bits per heavy atom. The molecule has 1 atom stereocenters. The van der Waals surface area contributed by atoms with Crippen LogP contribution in [-0.4, -0.2) is 17.1 Å². The first-order valence-electron chi connectivity index (χ1n) is 14.4. The third-order valence-electron chi connectivity index (χ3n) is 7.39. The zero-order valence-electron chi connectivity index (χ0n) is 24.7. The maximum Gasteiger partial charge on any atom is 0.338 e. The average Bonchev–Trinajstić information content (AvgIpc) is 3.38. The molecule has 6 rings (SSSR count). The Morgan fingerprint density at radius 3 is 2.51 bits per heavy atom. The molecule has 11 heteroatoms. The van der Waals surface area contributed by atoms with E-state index in [0.717, 1.165) is 12.7 Å². The van der Waals surface area contributed by atoms with Crippen LogP contribution in [0.4, 0.5) is 4.39 Å². The Balaban J connectivity index is 1.56. The van der Waals surface area contributed by atoms with Gasteiger partial charge in [-0.2, -0.15) is 5.26 Å². The van der Waals surface area contributed by atoms with E-state index in [4.69, 9.17) is 14.5 Å². The molecule has 0 saturated heterocycles. The van der Waals surface area contributed by atoms with E-state index >= 15 is 0 Å². The molecule has 2 heterocycles. The Kier molecular flexibility index (Phi) is 10.00. The van der Waals surface area contributed by atoms with Gasteiger partial charge in [0.1, 0.15) is 18.2 Å². The summed E-state index contributed by atoms with van der Waals surface area (Å²) < 4.78 is 29.5. The summed E-state index contributed by atoms with van der Waals surface area (Å²) in [6.07, 6.45) is 1.76. The molecule has 0 unspecified atom stereocenters. The molecule has 0 N–H and O–H groups in total. The molecule has 0 spiro atoms. The highest BCUT2D eigenvalue weighted by molar-refractivity contribution is 14.1. The predicted octanol–water partition coefficient (Wildman–Crippen LogP) is 6.73. The molecule has 234 valence electrons. The Labute approximate surface area is 300 Å². The summed E-state index contributed by atoms with van der Waals surface area (Å²) >= 11 is 5.60. The van der Waals surface area contributed by atoms with Gasteiger partial charge in [-0.3, -0.25) is 9.36 Å². The van der Waals surface area contributed by atoms with E-state index in [0.29, 0.717) is 43.0 Å². The van der Waals surface area contributed by atoms with E-state index in [-0.39, 0.29) is 24.3 Å². The highest BCUT2D eigenvalue weighted by Crippen LogP contribution is 2.35. The summed E-state index contributed by atoms with van der Waals surface area (Å²) in [5, 5.41) is 9.55. The van der Waals surface area contributed by atoms with E-state index in [1.807, 2.05) is 54.6 Å². The van der Waals surface area contributed by atoms with Crippen molar-refractivity contribution in [1.29, 1.82) is 5.26 Å². The summed E-state index contributed by atoms with van der Waals surface area (Å²) in [7, 11) is 0. The van der Waals surface area contributed by atoms with Crippen LogP contribution in [0.3, 0.4) is 0 Å². The van der Waals surface area contributed by atoms with Gasteiger partial charge in [-0.1, -0.05) is 72.0 Å². The second-order valence-electron chi connectivity index (χ2n) is 10.3. The molecule has 5 aromatic rings. The lowest BCUT2D eigenvalue weighted by Gasteiger charge is -2.25. The van der Waals surface area contributed by atoms with Crippen LogP contribution in [0.1, 0.15) is 40.8 Å². The Morgan fingerprint density at radius 1 is 1.06 bits per heavy atom. The van der Waals surface area contributed by atoms with Gasteiger partial charge in [0, 0.05) is 20.3 Å². The molecule has 1 aliphatic rings. The third kappa shape index (κ3) is 6.81.